The Morgan fingerprint density at radius 3 is 2.30 bits per heavy atom. The maximum atomic E-state index is 13.8. The average molecular weight is 704 g/mol. The molecule has 11 nitrogen and oxygen atoms in total. The molecule has 0 bridgehead atoms. The molecule has 3 aromatic carbocycles. The van der Waals surface area contributed by atoms with Gasteiger partial charge in [-0.1, -0.05) is 66.2 Å². The monoisotopic (exact) mass is 703 g/mol. The summed E-state index contributed by atoms with van der Waals surface area (Å²) in [5.74, 6) is -1.44. The van der Waals surface area contributed by atoms with Gasteiger partial charge in [0.2, 0.25) is 23.6 Å². The Kier molecular flexibility index (Phi) is 13.8. The summed E-state index contributed by atoms with van der Waals surface area (Å²) < 4.78 is 6.25. The highest BCUT2D eigenvalue weighted by atomic mass is 35.5. The summed E-state index contributed by atoms with van der Waals surface area (Å²) >= 11 is 6.04. The molecule has 0 radical (unpaired) electrons. The van der Waals surface area contributed by atoms with Gasteiger partial charge in [0.1, 0.15) is 24.4 Å². The quantitative estimate of drug-likeness (QED) is 0.412. The number of likely N-dealkylation sites (N-methyl/N-ethyl adjacent to an activating group) is 2. The first-order chi connectivity index (χ1) is 23.9. The molecule has 266 valence electrons. The molecular weight excluding hydrogens is 658 g/mol. The minimum atomic E-state index is -1.02. The van der Waals surface area contributed by atoms with Crippen molar-refractivity contribution in [3.63, 3.8) is 0 Å². The Balaban J connectivity index is 1.63. The summed E-state index contributed by atoms with van der Waals surface area (Å²) in [4.78, 5) is 71.7. The molecule has 0 unspecified atom stereocenters. The molecule has 2 N–H and O–H groups in total. The van der Waals surface area contributed by atoms with E-state index in [1.165, 1.54) is 9.80 Å². The van der Waals surface area contributed by atoms with E-state index in [9.17, 15) is 24.0 Å². The molecule has 0 aliphatic carbocycles. The second-order valence-corrected chi connectivity index (χ2v) is 13.1. The summed E-state index contributed by atoms with van der Waals surface area (Å²) in [6, 6.07) is 21.3. The summed E-state index contributed by atoms with van der Waals surface area (Å²) in [6.07, 6.45) is 1.03. The third-order valence-electron chi connectivity index (χ3n) is 8.80. The highest BCUT2D eigenvalue weighted by molar-refractivity contribution is 6.30. The molecule has 0 aromatic heterocycles. The van der Waals surface area contributed by atoms with Crippen molar-refractivity contribution < 1.29 is 28.7 Å². The van der Waals surface area contributed by atoms with E-state index < -0.39 is 24.0 Å². The smallest absolute Gasteiger partial charge is 0.255 e. The van der Waals surface area contributed by atoms with Crippen LogP contribution in [0.2, 0.25) is 5.02 Å². The van der Waals surface area contributed by atoms with E-state index in [2.05, 4.69) is 10.6 Å². The molecule has 12 heteroatoms. The van der Waals surface area contributed by atoms with Crippen LogP contribution in [0.25, 0.3) is 0 Å². The van der Waals surface area contributed by atoms with E-state index in [1.807, 2.05) is 42.5 Å². The highest BCUT2D eigenvalue weighted by Gasteiger charge is 2.29. The van der Waals surface area contributed by atoms with Crippen molar-refractivity contribution in [1.29, 1.82) is 0 Å². The van der Waals surface area contributed by atoms with Crippen LogP contribution in [-0.4, -0.2) is 96.7 Å². The number of fused-ring (bicyclic) bond motifs is 1. The number of ether oxygens (including phenoxy) is 1. The molecule has 50 heavy (non-hydrogen) atoms. The fourth-order valence-electron chi connectivity index (χ4n) is 5.78. The Hall–Kier alpha value is -4.90. The van der Waals surface area contributed by atoms with Crippen molar-refractivity contribution in [2.24, 2.45) is 0 Å². The van der Waals surface area contributed by atoms with Gasteiger partial charge in [-0.05, 0) is 61.6 Å². The van der Waals surface area contributed by atoms with Crippen LogP contribution in [0.4, 0.5) is 0 Å². The third-order valence-corrected chi connectivity index (χ3v) is 9.05. The van der Waals surface area contributed by atoms with Crippen LogP contribution in [0.5, 0.6) is 5.75 Å². The van der Waals surface area contributed by atoms with Crippen molar-refractivity contribution in [2.75, 3.05) is 34.3 Å². The lowest BCUT2D eigenvalue weighted by Crippen LogP contribution is -2.51. The molecule has 0 fully saturated rings. The number of halogens is 1. The zero-order chi connectivity index (χ0) is 36.2. The number of hydrogen-bond acceptors (Lipinski definition) is 6. The Morgan fingerprint density at radius 2 is 1.58 bits per heavy atom. The fraction of sp³-hybridized carbons (Fsp3) is 0.395. The SMILES string of the molecule is C[C@@H]1NC(=O)CCCN(C)C(=O)CC[C@@H](C(=O)N(C)Cc2ccc(Cl)cc2)NC(=O)c2ccccc2OC[C@H](Cc2ccccc2)N(C)C1=O. The van der Waals surface area contributed by atoms with Crippen molar-refractivity contribution in [1.82, 2.24) is 25.3 Å². The van der Waals surface area contributed by atoms with Crippen LogP contribution in [0.1, 0.15) is 54.1 Å². The maximum Gasteiger partial charge on any atom is 0.255 e. The van der Waals surface area contributed by atoms with Gasteiger partial charge in [0.05, 0.1) is 11.6 Å². The Morgan fingerprint density at radius 1 is 0.900 bits per heavy atom. The average Bonchev–Trinajstić information content (AvgIpc) is 3.11. The zero-order valence-corrected chi connectivity index (χ0v) is 29.8. The van der Waals surface area contributed by atoms with E-state index in [0.29, 0.717) is 24.4 Å². The first-order valence-electron chi connectivity index (χ1n) is 16.8. The van der Waals surface area contributed by atoms with Crippen LogP contribution in [-0.2, 0) is 32.1 Å². The standard InChI is InChI=1S/C38H46ClN5O6/c1-26-37(48)44(4)30(23-27-11-6-5-7-12-27)25-50-33-14-9-8-13-31(33)36(47)41-32(20-21-35(46)42(2)22-10-15-34(45)40-26)38(49)43(3)24-28-16-18-29(39)19-17-28/h5-9,11-14,16-19,26,30,32H,10,15,20-25H2,1-4H3,(H,40,45)(H,41,47)/t26-,30-,32-/m0/s1. The van der Waals surface area contributed by atoms with Crippen LogP contribution in [0, 0.1) is 0 Å². The van der Waals surface area contributed by atoms with Gasteiger partial charge < -0.3 is 30.1 Å². The first-order valence-corrected chi connectivity index (χ1v) is 17.2. The molecule has 4 rings (SSSR count). The number of hydrogen-bond donors (Lipinski definition) is 2. The number of para-hydroxylation sites is 1. The molecule has 0 saturated heterocycles. The molecule has 1 heterocycles. The number of rotatable bonds is 5. The van der Waals surface area contributed by atoms with Crippen LogP contribution in [0.3, 0.4) is 0 Å². The number of nitrogens with one attached hydrogen (secondary N) is 2. The van der Waals surface area contributed by atoms with Gasteiger partial charge in [0.25, 0.3) is 5.91 Å². The lowest BCUT2D eigenvalue weighted by Gasteiger charge is -2.31. The predicted octanol–water partition coefficient (Wildman–Crippen LogP) is 4.08. The summed E-state index contributed by atoms with van der Waals surface area (Å²) in [5.41, 5.74) is 2.04. The van der Waals surface area contributed by atoms with Crippen molar-refractivity contribution >= 4 is 41.1 Å². The normalized spacial score (nSPS) is 20.2. The first kappa shape index (κ1) is 37.9. The van der Waals surface area contributed by atoms with Crippen LogP contribution in [0.15, 0.2) is 78.9 Å². The van der Waals surface area contributed by atoms with E-state index in [0.717, 1.165) is 11.1 Å². The molecule has 0 spiro atoms. The molecule has 5 amide bonds. The van der Waals surface area contributed by atoms with Gasteiger partial charge in [0, 0.05) is 52.1 Å². The van der Waals surface area contributed by atoms with Gasteiger partial charge in [-0.3, -0.25) is 24.0 Å². The second kappa shape index (κ2) is 18.2. The fourth-order valence-corrected chi connectivity index (χ4v) is 5.91. The predicted molar refractivity (Wildman–Crippen MR) is 192 cm³/mol. The summed E-state index contributed by atoms with van der Waals surface area (Å²) in [7, 11) is 4.95. The van der Waals surface area contributed by atoms with Crippen molar-refractivity contribution in [2.45, 2.75) is 63.7 Å². The van der Waals surface area contributed by atoms with Crippen molar-refractivity contribution in [3.8, 4) is 5.75 Å². The number of amides is 5. The highest BCUT2D eigenvalue weighted by Crippen LogP contribution is 2.21. The lowest BCUT2D eigenvalue weighted by molar-refractivity contribution is -0.137. The Labute approximate surface area is 298 Å². The second-order valence-electron chi connectivity index (χ2n) is 12.7. The molecule has 3 aromatic rings. The van der Waals surface area contributed by atoms with Gasteiger partial charge >= 0.3 is 0 Å². The number of carbonyl (C=O) groups is 5. The van der Waals surface area contributed by atoms with E-state index in [-0.39, 0.29) is 67.4 Å². The molecule has 1 aliphatic rings. The minimum absolute atomic E-state index is 0.00858. The zero-order valence-electron chi connectivity index (χ0n) is 29.1. The molecule has 1 aliphatic heterocycles. The third kappa shape index (κ3) is 10.8. The van der Waals surface area contributed by atoms with E-state index >= 15 is 0 Å². The molecule has 3 atom stereocenters. The van der Waals surface area contributed by atoms with Crippen LogP contribution >= 0.6 is 11.6 Å². The van der Waals surface area contributed by atoms with Crippen LogP contribution < -0.4 is 15.4 Å². The van der Waals surface area contributed by atoms with Crippen molar-refractivity contribution in [3.05, 3.63) is 101 Å². The molecule has 0 saturated carbocycles. The lowest BCUT2D eigenvalue weighted by atomic mass is 10.0. The summed E-state index contributed by atoms with van der Waals surface area (Å²) in [6.45, 7) is 2.27. The topological polar surface area (TPSA) is 128 Å². The maximum absolute atomic E-state index is 13.8. The minimum Gasteiger partial charge on any atom is -0.491 e. The largest absolute Gasteiger partial charge is 0.491 e. The van der Waals surface area contributed by atoms with Gasteiger partial charge in [-0.25, -0.2) is 0 Å². The van der Waals surface area contributed by atoms with Gasteiger partial charge in [-0.2, -0.15) is 0 Å². The molecular formula is C38H46ClN5O6. The number of carbonyl (C=O) groups excluding carboxylic acids is 5. The number of nitrogens with zero attached hydrogens (tertiary/aromatic N) is 3. The summed E-state index contributed by atoms with van der Waals surface area (Å²) in [5, 5.41) is 6.23. The van der Waals surface area contributed by atoms with Gasteiger partial charge in [0.15, 0.2) is 0 Å². The van der Waals surface area contributed by atoms with E-state index in [1.54, 1.807) is 69.4 Å². The van der Waals surface area contributed by atoms with E-state index in [4.69, 9.17) is 16.3 Å². The number of benzene rings is 3. The van der Waals surface area contributed by atoms with Gasteiger partial charge in [-0.15, -0.1) is 0 Å². The Bertz CT molecular complexity index is 1640.